The fraction of sp³-hybridized carbons (Fsp3) is 0.438. The van der Waals surface area contributed by atoms with E-state index in [-0.39, 0.29) is 12.1 Å². The van der Waals surface area contributed by atoms with Gasteiger partial charge in [-0.3, -0.25) is 0 Å². The lowest BCUT2D eigenvalue weighted by Crippen LogP contribution is -2.44. The monoisotopic (exact) mass is 330 g/mol. The number of amides is 2. The predicted molar refractivity (Wildman–Crippen MR) is 87.6 cm³/mol. The molecule has 0 radical (unpaired) electrons. The van der Waals surface area contributed by atoms with Gasteiger partial charge in [-0.15, -0.1) is 11.3 Å². The highest BCUT2D eigenvalue weighted by Crippen LogP contribution is 2.37. The van der Waals surface area contributed by atoms with Crippen molar-refractivity contribution in [2.24, 2.45) is 0 Å². The molecule has 2 fully saturated rings. The van der Waals surface area contributed by atoms with Crippen LogP contribution in [0, 0.1) is 0 Å². The summed E-state index contributed by atoms with van der Waals surface area (Å²) in [5, 5.41) is 4.90. The van der Waals surface area contributed by atoms with Gasteiger partial charge >= 0.3 is 6.03 Å². The Morgan fingerprint density at radius 1 is 1.35 bits per heavy atom. The lowest BCUT2D eigenvalue weighted by Gasteiger charge is -2.32. The van der Waals surface area contributed by atoms with Crippen molar-refractivity contribution in [2.45, 2.75) is 24.9 Å². The fourth-order valence-corrected chi connectivity index (χ4v) is 3.40. The summed E-state index contributed by atoms with van der Waals surface area (Å²) in [4.78, 5) is 24.0. The van der Waals surface area contributed by atoms with Gasteiger partial charge in [0.25, 0.3) is 0 Å². The standard InChI is InChI=1S/C16H18N4O2S/c21-16(19-12-8-17-15(18-9-12)11-3-4-11)20-5-6-22-13(10-20)14-2-1-7-23-14/h1-2,7-9,11,13H,3-6,10H2,(H,19,21)/t13-/m1/s1. The molecule has 2 amide bonds. The third-order valence-corrected chi connectivity index (χ3v) is 5.04. The number of aromatic nitrogens is 2. The molecule has 1 N–H and O–H groups in total. The van der Waals surface area contributed by atoms with Crippen molar-refractivity contribution < 1.29 is 9.53 Å². The average Bonchev–Trinajstić information content (AvgIpc) is 3.29. The van der Waals surface area contributed by atoms with E-state index in [1.807, 2.05) is 17.5 Å². The molecule has 1 aliphatic carbocycles. The molecule has 1 atom stereocenters. The van der Waals surface area contributed by atoms with Crippen molar-refractivity contribution >= 4 is 23.1 Å². The lowest BCUT2D eigenvalue weighted by atomic mass is 10.2. The van der Waals surface area contributed by atoms with E-state index in [9.17, 15) is 4.79 Å². The van der Waals surface area contributed by atoms with Crippen LogP contribution in [0.2, 0.25) is 0 Å². The van der Waals surface area contributed by atoms with Gasteiger partial charge in [0, 0.05) is 17.3 Å². The molecule has 0 bridgehead atoms. The van der Waals surface area contributed by atoms with Crippen LogP contribution in [-0.2, 0) is 4.74 Å². The fourth-order valence-electron chi connectivity index (χ4n) is 2.64. The number of urea groups is 1. The normalized spacial score (nSPS) is 21.2. The molecule has 120 valence electrons. The van der Waals surface area contributed by atoms with E-state index >= 15 is 0 Å². The first-order valence-electron chi connectivity index (χ1n) is 7.82. The first kappa shape index (κ1) is 14.6. The maximum absolute atomic E-state index is 12.4. The number of hydrogen-bond donors (Lipinski definition) is 1. The number of morpholine rings is 1. The summed E-state index contributed by atoms with van der Waals surface area (Å²) in [7, 11) is 0. The maximum atomic E-state index is 12.4. The van der Waals surface area contributed by atoms with Crippen molar-refractivity contribution in [3.05, 3.63) is 40.6 Å². The highest BCUT2D eigenvalue weighted by atomic mass is 32.1. The summed E-state index contributed by atoms with van der Waals surface area (Å²) in [6.07, 6.45) is 5.68. The number of nitrogens with zero attached hydrogens (tertiary/aromatic N) is 3. The Labute approximate surface area is 138 Å². The van der Waals surface area contributed by atoms with E-state index in [1.54, 1.807) is 28.6 Å². The van der Waals surface area contributed by atoms with Crippen molar-refractivity contribution in [2.75, 3.05) is 25.0 Å². The molecule has 1 saturated heterocycles. The number of hydrogen-bond acceptors (Lipinski definition) is 5. The molecule has 0 spiro atoms. The van der Waals surface area contributed by atoms with E-state index in [0.717, 1.165) is 10.7 Å². The first-order valence-corrected chi connectivity index (χ1v) is 8.70. The molecule has 7 heteroatoms. The summed E-state index contributed by atoms with van der Waals surface area (Å²) in [5.41, 5.74) is 0.638. The average molecular weight is 330 g/mol. The number of thiophene rings is 1. The summed E-state index contributed by atoms with van der Waals surface area (Å²) in [6, 6.07) is 3.92. The minimum atomic E-state index is -0.127. The predicted octanol–water partition coefficient (Wildman–Crippen LogP) is 3.02. The van der Waals surface area contributed by atoms with Crippen molar-refractivity contribution in [1.82, 2.24) is 14.9 Å². The molecule has 1 saturated carbocycles. The largest absolute Gasteiger partial charge is 0.369 e. The zero-order valence-corrected chi connectivity index (χ0v) is 13.5. The Hall–Kier alpha value is -1.99. The number of anilines is 1. The quantitative estimate of drug-likeness (QED) is 0.939. The molecule has 2 aliphatic rings. The molecule has 23 heavy (non-hydrogen) atoms. The molecular weight excluding hydrogens is 312 g/mol. The Kier molecular flexibility index (Phi) is 3.97. The highest BCUT2D eigenvalue weighted by molar-refractivity contribution is 7.10. The number of nitrogens with one attached hydrogen (secondary N) is 1. The summed E-state index contributed by atoms with van der Waals surface area (Å²) >= 11 is 1.65. The summed E-state index contributed by atoms with van der Waals surface area (Å²) in [5.74, 6) is 1.40. The van der Waals surface area contributed by atoms with Crippen LogP contribution in [-0.4, -0.2) is 40.6 Å². The SMILES string of the molecule is O=C(Nc1cnc(C2CC2)nc1)N1CCO[C@@H](c2cccs2)C1. The molecule has 3 heterocycles. The van der Waals surface area contributed by atoms with Crippen molar-refractivity contribution in [1.29, 1.82) is 0 Å². The zero-order chi connectivity index (χ0) is 15.6. The van der Waals surface area contributed by atoms with Gasteiger partial charge in [-0.2, -0.15) is 0 Å². The Morgan fingerprint density at radius 3 is 2.87 bits per heavy atom. The van der Waals surface area contributed by atoms with Crippen LogP contribution < -0.4 is 5.32 Å². The van der Waals surface area contributed by atoms with E-state index in [4.69, 9.17) is 4.74 Å². The lowest BCUT2D eigenvalue weighted by molar-refractivity contribution is -0.0115. The van der Waals surface area contributed by atoms with Gasteiger partial charge in [-0.1, -0.05) is 6.07 Å². The van der Waals surface area contributed by atoms with Crippen LogP contribution in [0.5, 0.6) is 0 Å². The van der Waals surface area contributed by atoms with Gasteiger partial charge in [-0.05, 0) is 24.3 Å². The minimum absolute atomic E-state index is 0.0389. The topological polar surface area (TPSA) is 67.4 Å². The van der Waals surface area contributed by atoms with Gasteiger partial charge in [0.05, 0.1) is 31.2 Å². The molecule has 0 unspecified atom stereocenters. The van der Waals surface area contributed by atoms with Gasteiger partial charge < -0.3 is 15.0 Å². The number of rotatable bonds is 3. The Bertz CT molecular complexity index is 670. The zero-order valence-electron chi connectivity index (χ0n) is 12.6. The van der Waals surface area contributed by atoms with Gasteiger partial charge in [0.1, 0.15) is 11.9 Å². The van der Waals surface area contributed by atoms with Crippen LogP contribution in [0.4, 0.5) is 10.5 Å². The molecule has 2 aromatic heterocycles. The van der Waals surface area contributed by atoms with Crippen molar-refractivity contribution in [3.63, 3.8) is 0 Å². The van der Waals surface area contributed by atoms with Crippen LogP contribution in [0.15, 0.2) is 29.9 Å². The van der Waals surface area contributed by atoms with Crippen LogP contribution >= 0.6 is 11.3 Å². The molecule has 2 aromatic rings. The third kappa shape index (κ3) is 3.35. The number of ether oxygens (including phenoxy) is 1. The summed E-state index contributed by atoms with van der Waals surface area (Å²) in [6.45, 7) is 1.70. The second kappa shape index (κ2) is 6.25. The molecular formula is C16H18N4O2S. The van der Waals surface area contributed by atoms with Crippen molar-refractivity contribution in [3.8, 4) is 0 Å². The van der Waals surface area contributed by atoms with Gasteiger partial charge in [0.2, 0.25) is 0 Å². The molecule has 6 nitrogen and oxygen atoms in total. The van der Waals surface area contributed by atoms with E-state index in [0.29, 0.717) is 31.3 Å². The third-order valence-electron chi connectivity index (χ3n) is 4.08. The molecule has 1 aliphatic heterocycles. The van der Waals surface area contributed by atoms with Gasteiger partial charge in [-0.25, -0.2) is 14.8 Å². The first-order chi connectivity index (χ1) is 11.3. The van der Waals surface area contributed by atoms with Crippen LogP contribution in [0.3, 0.4) is 0 Å². The Balaban J connectivity index is 1.38. The maximum Gasteiger partial charge on any atom is 0.322 e. The second-order valence-corrected chi connectivity index (χ2v) is 6.83. The van der Waals surface area contributed by atoms with E-state index < -0.39 is 0 Å². The summed E-state index contributed by atoms with van der Waals surface area (Å²) < 4.78 is 5.77. The van der Waals surface area contributed by atoms with Gasteiger partial charge in [0.15, 0.2) is 0 Å². The van der Waals surface area contributed by atoms with Crippen LogP contribution in [0.1, 0.15) is 35.6 Å². The van der Waals surface area contributed by atoms with Crippen LogP contribution in [0.25, 0.3) is 0 Å². The Morgan fingerprint density at radius 2 is 2.17 bits per heavy atom. The number of carbonyl (C=O) groups excluding carboxylic acids is 1. The smallest absolute Gasteiger partial charge is 0.322 e. The number of carbonyl (C=O) groups is 1. The molecule has 4 rings (SSSR count). The minimum Gasteiger partial charge on any atom is -0.369 e. The van der Waals surface area contributed by atoms with E-state index in [2.05, 4.69) is 15.3 Å². The highest BCUT2D eigenvalue weighted by Gasteiger charge is 2.27. The second-order valence-electron chi connectivity index (χ2n) is 5.86. The van der Waals surface area contributed by atoms with E-state index in [1.165, 1.54) is 12.8 Å². The molecule has 0 aromatic carbocycles.